The molecule has 214 valence electrons. The molecule has 41 heavy (non-hydrogen) atoms. The van der Waals surface area contributed by atoms with Crippen LogP contribution in [0.4, 0.5) is 0 Å². The van der Waals surface area contributed by atoms with E-state index in [1.807, 2.05) is 42.5 Å². The number of hydrogen-bond acceptors (Lipinski definition) is 5. The lowest BCUT2D eigenvalue weighted by Gasteiger charge is -2.25. The Kier molecular flexibility index (Phi) is 11.0. The minimum atomic E-state index is -1.09. The summed E-state index contributed by atoms with van der Waals surface area (Å²) < 4.78 is 0. The highest BCUT2D eigenvalue weighted by Gasteiger charge is 2.30. The van der Waals surface area contributed by atoms with Gasteiger partial charge in [0.15, 0.2) is 5.96 Å². The molecule has 0 bridgehead atoms. The third-order valence-corrected chi connectivity index (χ3v) is 6.51. The van der Waals surface area contributed by atoms with Crippen LogP contribution < -0.4 is 33.6 Å². The van der Waals surface area contributed by atoms with Crippen molar-refractivity contribution in [2.75, 3.05) is 6.54 Å². The molecular formula is C30H36N8O3. The van der Waals surface area contributed by atoms with Crippen molar-refractivity contribution in [1.29, 1.82) is 5.41 Å². The number of nitrogens with one attached hydrogen (secondary N) is 3. The number of aliphatic imine (C=N–C) groups is 1. The average molecular weight is 557 g/mol. The third-order valence-electron chi connectivity index (χ3n) is 6.51. The van der Waals surface area contributed by atoms with E-state index in [1.54, 1.807) is 42.5 Å². The molecule has 11 N–H and O–H groups in total. The van der Waals surface area contributed by atoms with E-state index in [1.165, 1.54) is 0 Å². The van der Waals surface area contributed by atoms with Crippen LogP contribution >= 0.6 is 0 Å². The zero-order valence-electron chi connectivity index (χ0n) is 22.6. The van der Waals surface area contributed by atoms with E-state index in [0.29, 0.717) is 24.0 Å². The van der Waals surface area contributed by atoms with Gasteiger partial charge in [-0.2, -0.15) is 0 Å². The van der Waals surface area contributed by atoms with Gasteiger partial charge in [-0.15, -0.1) is 0 Å². The number of benzene rings is 3. The number of nitrogen functional groups attached to an aromatic ring is 1. The number of carbonyl (C=O) groups excluding carboxylic acids is 3. The second kappa shape index (κ2) is 14.8. The Morgan fingerprint density at radius 1 is 0.756 bits per heavy atom. The van der Waals surface area contributed by atoms with Gasteiger partial charge in [0.2, 0.25) is 17.7 Å². The van der Waals surface area contributed by atoms with Crippen molar-refractivity contribution in [2.45, 2.75) is 37.3 Å². The molecule has 0 aromatic heterocycles. The maximum atomic E-state index is 13.8. The van der Waals surface area contributed by atoms with E-state index in [4.69, 9.17) is 28.3 Å². The summed E-state index contributed by atoms with van der Waals surface area (Å²) in [6, 6.07) is 23.0. The van der Waals surface area contributed by atoms with E-state index < -0.39 is 29.8 Å². The number of carbonyl (C=O) groups is 3. The van der Waals surface area contributed by atoms with Crippen LogP contribution in [-0.2, 0) is 20.8 Å². The molecule has 11 nitrogen and oxygen atoms in total. The third kappa shape index (κ3) is 9.20. The van der Waals surface area contributed by atoms with Gasteiger partial charge < -0.3 is 33.6 Å². The fourth-order valence-electron chi connectivity index (χ4n) is 4.34. The fraction of sp³-hybridized carbons (Fsp3) is 0.233. The summed E-state index contributed by atoms with van der Waals surface area (Å²) in [5.41, 5.74) is 24.6. The summed E-state index contributed by atoms with van der Waals surface area (Å²) in [7, 11) is 0. The van der Waals surface area contributed by atoms with E-state index in [9.17, 15) is 14.4 Å². The van der Waals surface area contributed by atoms with Crippen LogP contribution in [0, 0.1) is 5.41 Å². The number of amides is 3. The van der Waals surface area contributed by atoms with Gasteiger partial charge in [0, 0.05) is 12.1 Å². The molecular weight excluding hydrogens is 520 g/mol. The highest BCUT2D eigenvalue weighted by Crippen LogP contribution is 2.24. The van der Waals surface area contributed by atoms with Gasteiger partial charge in [-0.25, -0.2) is 0 Å². The topological polar surface area (TPSA) is 216 Å². The number of amidine groups is 1. The van der Waals surface area contributed by atoms with Crippen molar-refractivity contribution >= 4 is 29.5 Å². The SMILES string of the molecule is N=C(N)c1ccc(C[C@H](C(=O)N[C@H](C(=O)NC(CCCN=C(N)N)C(N)=O)c2ccccc2)c2ccccc2)cc1. The van der Waals surface area contributed by atoms with Crippen LogP contribution in [0.3, 0.4) is 0 Å². The van der Waals surface area contributed by atoms with Gasteiger partial charge in [0.1, 0.15) is 17.9 Å². The molecule has 3 atom stereocenters. The van der Waals surface area contributed by atoms with Crippen molar-refractivity contribution in [1.82, 2.24) is 10.6 Å². The molecule has 0 radical (unpaired) electrons. The lowest BCUT2D eigenvalue weighted by Crippen LogP contribution is -2.50. The summed E-state index contributed by atoms with van der Waals surface area (Å²) in [5, 5.41) is 13.2. The first-order valence-electron chi connectivity index (χ1n) is 13.1. The van der Waals surface area contributed by atoms with Gasteiger partial charge in [-0.1, -0.05) is 84.9 Å². The van der Waals surface area contributed by atoms with Crippen molar-refractivity contribution in [2.24, 2.45) is 27.9 Å². The van der Waals surface area contributed by atoms with Gasteiger partial charge in [0.25, 0.3) is 0 Å². The van der Waals surface area contributed by atoms with Crippen LogP contribution in [0.1, 0.15) is 47.1 Å². The second-order valence-corrected chi connectivity index (χ2v) is 9.54. The number of hydrogen-bond donors (Lipinski definition) is 7. The number of guanidine groups is 1. The zero-order valence-corrected chi connectivity index (χ0v) is 22.6. The van der Waals surface area contributed by atoms with E-state index >= 15 is 0 Å². The van der Waals surface area contributed by atoms with Crippen LogP contribution in [0.25, 0.3) is 0 Å². The summed E-state index contributed by atoms with van der Waals surface area (Å²) in [5.74, 6) is -2.41. The lowest BCUT2D eigenvalue weighted by molar-refractivity contribution is -0.132. The molecule has 3 aromatic rings. The Morgan fingerprint density at radius 2 is 1.34 bits per heavy atom. The molecule has 0 saturated carbocycles. The molecule has 0 aliphatic rings. The van der Waals surface area contributed by atoms with Gasteiger partial charge >= 0.3 is 0 Å². The average Bonchev–Trinajstić information content (AvgIpc) is 2.96. The van der Waals surface area contributed by atoms with Gasteiger partial charge in [-0.3, -0.25) is 24.8 Å². The summed E-state index contributed by atoms with van der Waals surface area (Å²) in [6.45, 7) is 0.271. The Bertz CT molecular complexity index is 1360. The first-order chi connectivity index (χ1) is 19.7. The van der Waals surface area contributed by atoms with Gasteiger partial charge in [-0.05, 0) is 36.0 Å². The van der Waals surface area contributed by atoms with Crippen molar-refractivity contribution in [3.8, 4) is 0 Å². The molecule has 3 rings (SSSR count). The molecule has 1 unspecified atom stereocenters. The van der Waals surface area contributed by atoms with Crippen molar-refractivity contribution in [3.05, 3.63) is 107 Å². The summed E-state index contributed by atoms with van der Waals surface area (Å²) in [6.07, 6.45) is 0.967. The molecule has 3 aromatic carbocycles. The maximum absolute atomic E-state index is 13.8. The number of nitrogens with zero attached hydrogens (tertiary/aromatic N) is 1. The van der Waals surface area contributed by atoms with E-state index in [0.717, 1.165) is 11.1 Å². The van der Waals surface area contributed by atoms with Gasteiger partial charge in [0.05, 0.1) is 5.92 Å². The zero-order chi connectivity index (χ0) is 29.8. The van der Waals surface area contributed by atoms with Crippen molar-refractivity contribution < 1.29 is 14.4 Å². The fourth-order valence-corrected chi connectivity index (χ4v) is 4.34. The standard InChI is InChI=1S/C30H36N8O3/c31-26(32)22-15-13-19(14-16-22)18-23(20-8-3-1-4-9-20)28(40)38-25(21-10-5-2-6-11-21)29(41)37-24(27(33)39)12-7-17-36-30(34)35/h1-6,8-11,13-16,23-25H,7,12,17-18H2,(H3,31,32)(H2,33,39)(H,37,41)(H,38,40)(H4,34,35,36)/t23-,24?,25-/m0/s1. The predicted octanol–water partition coefficient (Wildman–Crippen LogP) is 1.18. The second-order valence-electron chi connectivity index (χ2n) is 9.54. The quantitative estimate of drug-likeness (QED) is 0.0878. The van der Waals surface area contributed by atoms with Crippen LogP contribution in [0.5, 0.6) is 0 Å². The lowest BCUT2D eigenvalue weighted by atomic mass is 9.90. The van der Waals surface area contributed by atoms with Crippen LogP contribution in [-0.4, -0.2) is 42.1 Å². The van der Waals surface area contributed by atoms with Crippen LogP contribution in [0.2, 0.25) is 0 Å². The first kappa shape index (κ1) is 30.4. The smallest absolute Gasteiger partial charge is 0.247 e. The van der Waals surface area contributed by atoms with Crippen LogP contribution in [0.15, 0.2) is 89.9 Å². The molecule has 11 heteroatoms. The molecule has 0 aliphatic carbocycles. The predicted molar refractivity (Wildman–Crippen MR) is 159 cm³/mol. The monoisotopic (exact) mass is 556 g/mol. The molecule has 0 saturated heterocycles. The molecule has 0 spiro atoms. The Morgan fingerprint density at radius 3 is 1.88 bits per heavy atom. The first-order valence-corrected chi connectivity index (χ1v) is 13.1. The van der Waals surface area contributed by atoms with E-state index in [2.05, 4.69) is 15.6 Å². The highest BCUT2D eigenvalue weighted by molar-refractivity contribution is 5.95. The number of primary amides is 1. The minimum Gasteiger partial charge on any atom is -0.384 e. The number of nitrogens with two attached hydrogens (primary N) is 4. The maximum Gasteiger partial charge on any atom is 0.247 e. The molecule has 0 heterocycles. The summed E-state index contributed by atoms with van der Waals surface area (Å²) in [4.78, 5) is 43.4. The molecule has 0 fully saturated rings. The Labute approximate surface area is 238 Å². The Balaban J connectivity index is 1.85. The molecule has 0 aliphatic heterocycles. The Hall–Kier alpha value is -5.19. The number of rotatable bonds is 14. The normalized spacial score (nSPS) is 12.8. The van der Waals surface area contributed by atoms with E-state index in [-0.39, 0.29) is 30.7 Å². The highest BCUT2D eigenvalue weighted by atomic mass is 16.2. The summed E-state index contributed by atoms with van der Waals surface area (Å²) >= 11 is 0. The van der Waals surface area contributed by atoms with Crippen molar-refractivity contribution in [3.63, 3.8) is 0 Å². The minimum absolute atomic E-state index is 0.0453. The largest absolute Gasteiger partial charge is 0.384 e. The molecule has 3 amide bonds.